The summed E-state index contributed by atoms with van der Waals surface area (Å²) in [4.78, 5) is 11.8. The highest BCUT2D eigenvalue weighted by molar-refractivity contribution is 5.92. The van der Waals surface area contributed by atoms with Crippen LogP contribution in [0.2, 0.25) is 0 Å². The summed E-state index contributed by atoms with van der Waals surface area (Å²) in [7, 11) is 0. The van der Waals surface area contributed by atoms with Gasteiger partial charge < -0.3 is 20.1 Å². The third-order valence-electron chi connectivity index (χ3n) is 3.19. The van der Waals surface area contributed by atoms with Crippen LogP contribution in [0.5, 0.6) is 5.75 Å². The highest BCUT2D eigenvalue weighted by Crippen LogP contribution is 2.16. The molecule has 1 aliphatic rings. The van der Waals surface area contributed by atoms with Gasteiger partial charge in [0.25, 0.3) is 0 Å². The third kappa shape index (κ3) is 5.73. The topological polar surface area (TPSA) is 59.6 Å². The number of rotatable bonds is 7. The normalized spacial score (nSPS) is 18.0. The molecule has 0 bridgehead atoms. The Balaban J connectivity index is 1.69. The van der Waals surface area contributed by atoms with Gasteiger partial charge in [0.2, 0.25) is 5.91 Å². The highest BCUT2D eigenvalue weighted by Gasteiger charge is 2.15. The van der Waals surface area contributed by atoms with Crippen LogP contribution in [0.25, 0.3) is 0 Å². The molecular weight excluding hydrogens is 268 g/mol. The van der Waals surface area contributed by atoms with Crippen molar-refractivity contribution < 1.29 is 14.3 Å². The number of benzene rings is 1. The molecule has 5 heteroatoms. The van der Waals surface area contributed by atoms with E-state index in [2.05, 4.69) is 10.6 Å². The Morgan fingerprint density at radius 3 is 2.76 bits per heavy atom. The zero-order chi connectivity index (χ0) is 15.1. The van der Waals surface area contributed by atoms with E-state index < -0.39 is 0 Å². The van der Waals surface area contributed by atoms with Crippen LogP contribution in [-0.4, -0.2) is 37.8 Å². The van der Waals surface area contributed by atoms with Crippen LogP contribution < -0.4 is 15.4 Å². The summed E-state index contributed by atoms with van der Waals surface area (Å²) < 4.78 is 11.0. The molecule has 1 atom stereocenters. The zero-order valence-electron chi connectivity index (χ0n) is 12.7. The Bertz CT molecular complexity index is 439. The molecule has 1 heterocycles. The summed E-state index contributed by atoms with van der Waals surface area (Å²) >= 11 is 0. The van der Waals surface area contributed by atoms with Gasteiger partial charge >= 0.3 is 0 Å². The molecular formula is C16H24N2O3. The van der Waals surface area contributed by atoms with Gasteiger partial charge in [-0.25, -0.2) is 0 Å². The molecule has 1 fully saturated rings. The number of ether oxygens (including phenoxy) is 2. The second-order valence-electron chi connectivity index (χ2n) is 5.51. The molecule has 1 aliphatic heterocycles. The number of nitrogens with one attached hydrogen (secondary N) is 2. The Labute approximate surface area is 126 Å². The molecule has 5 nitrogen and oxygen atoms in total. The molecule has 1 saturated heterocycles. The van der Waals surface area contributed by atoms with E-state index in [-0.39, 0.29) is 18.1 Å². The molecule has 0 spiro atoms. The Hall–Kier alpha value is -1.59. The van der Waals surface area contributed by atoms with Gasteiger partial charge in [-0.15, -0.1) is 0 Å². The van der Waals surface area contributed by atoms with Gasteiger partial charge in [-0.3, -0.25) is 4.79 Å². The second-order valence-corrected chi connectivity index (χ2v) is 5.51. The maximum Gasteiger partial charge on any atom is 0.238 e. The van der Waals surface area contributed by atoms with E-state index in [0.29, 0.717) is 6.54 Å². The molecule has 1 unspecified atom stereocenters. The molecule has 1 amide bonds. The molecule has 116 valence electrons. The van der Waals surface area contributed by atoms with Crippen LogP contribution in [0.1, 0.15) is 26.7 Å². The minimum atomic E-state index is -0.0504. The predicted molar refractivity (Wildman–Crippen MR) is 82.7 cm³/mol. The van der Waals surface area contributed by atoms with Crippen LogP contribution in [0.15, 0.2) is 24.3 Å². The maximum absolute atomic E-state index is 11.8. The van der Waals surface area contributed by atoms with Gasteiger partial charge in [0.15, 0.2) is 0 Å². The van der Waals surface area contributed by atoms with Crippen molar-refractivity contribution in [3.8, 4) is 5.75 Å². The van der Waals surface area contributed by atoms with E-state index in [4.69, 9.17) is 9.47 Å². The lowest BCUT2D eigenvalue weighted by Crippen LogP contribution is -2.33. The Morgan fingerprint density at radius 1 is 1.38 bits per heavy atom. The van der Waals surface area contributed by atoms with Crippen molar-refractivity contribution >= 4 is 11.6 Å². The van der Waals surface area contributed by atoms with Crippen LogP contribution in [0.4, 0.5) is 5.69 Å². The molecule has 1 aromatic carbocycles. The smallest absolute Gasteiger partial charge is 0.238 e. The quantitative estimate of drug-likeness (QED) is 0.808. The second kappa shape index (κ2) is 8.00. The van der Waals surface area contributed by atoms with Crippen molar-refractivity contribution in [2.75, 3.05) is 25.0 Å². The number of carbonyl (C=O) groups is 1. The SMILES string of the molecule is CC(C)Oc1ccc(NC(=O)CNCC2CCCO2)cc1. The lowest BCUT2D eigenvalue weighted by Gasteiger charge is -2.12. The summed E-state index contributed by atoms with van der Waals surface area (Å²) in [6.07, 6.45) is 2.59. The predicted octanol–water partition coefficient (Wildman–Crippen LogP) is 2.18. The van der Waals surface area contributed by atoms with Crippen LogP contribution in [0, 0.1) is 0 Å². The number of anilines is 1. The summed E-state index contributed by atoms with van der Waals surface area (Å²) in [5.74, 6) is 0.755. The molecule has 2 N–H and O–H groups in total. The fourth-order valence-electron chi connectivity index (χ4n) is 2.25. The van der Waals surface area contributed by atoms with Crippen molar-refractivity contribution in [1.29, 1.82) is 0 Å². The lowest BCUT2D eigenvalue weighted by atomic mass is 10.2. The van der Waals surface area contributed by atoms with Gasteiger partial charge in [-0.2, -0.15) is 0 Å². The number of hydrogen-bond acceptors (Lipinski definition) is 4. The van der Waals surface area contributed by atoms with Gasteiger partial charge in [-0.1, -0.05) is 0 Å². The van der Waals surface area contributed by atoms with Gasteiger partial charge in [-0.05, 0) is 51.0 Å². The maximum atomic E-state index is 11.8. The molecule has 2 rings (SSSR count). The average molecular weight is 292 g/mol. The summed E-state index contributed by atoms with van der Waals surface area (Å²) in [6, 6.07) is 7.40. The zero-order valence-corrected chi connectivity index (χ0v) is 12.7. The highest BCUT2D eigenvalue weighted by atomic mass is 16.5. The summed E-state index contributed by atoms with van der Waals surface area (Å²) in [6.45, 7) is 5.83. The molecule has 21 heavy (non-hydrogen) atoms. The first kappa shape index (κ1) is 15.8. The molecule has 0 aliphatic carbocycles. The minimum Gasteiger partial charge on any atom is -0.491 e. The standard InChI is InChI=1S/C16H24N2O3/c1-12(2)21-14-7-5-13(6-8-14)18-16(19)11-17-10-15-4-3-9-20-15/h5-8,12,15,17H,3-4,9-11H2,1-2H3,(H,18,19). The van der Waals surface area contributed by atoms with Crippen LogP contribution >= 0.6 is 0 Å². The summed E-state index contributed by atoms with van der Waals surface area (Å²) in [5, 5.41) is 5.97. The third-order valence-corrected chi connectivity index (χ3v) is 3.19. The number of amides is 1. The minimum absolute atomic E-state index is 0.0504. The van der Waals surface area contributed by atoms with Crippen LogP contribution in [-0.2, 0) is 9.53 Å². The Morgan fingerprint density at radius 2 is 2.14 bits per heavy atom. The fraction of sp³-hybridized carbons (Fsp3) is 0.562. The molecule has 0 aromatic heterocycles. The van der Waals surface area contributed by atoms with Gasteiger partial charge in [0.05, 0.1) is 18.8 Å². The van der Waals surface area contributed by atoms with Crippen molar-refractivity contribution in [3.05, 3.63) is 24.3 Å². The lowest BCUT2D eigenvalue weighted by molar-refractivity contribution is -0.115. The van der Waals surface area contributed by atoms with Gasteiger partial charge in [0, 0.05) is 18.8 Å². The van der Waals surface area contributed by atoms with Crippen LogP contribution in [0.3, 0.4) is 0 Å². The fourth-order valence-corrected chi connectivity index (χ4v) is 2.25. The molecule has 1 aromatic rings. The first-order valence-electron chi connectivity index (χ1n) is 7.52. The van der Waals surface area contributed by atoms with E-state index >= 15 is 0 Å². The van der Waals surface area contributed by atoms with Crippen molar-refractivity contribution in [2.24, 2.45) is 0 Å². The van der Waals surface area contributed by atoms with Crippen molar-refractivity contribution in [3.63, 3.8) is 0 Å². The summed E-state index contributed by atoms with van der Waals surface area (Å²) in [5.41, 5.74) is 0.773. The first-order chi connectivity index (χ1) is 10.1. The van der Waals surface area contributed by atoms with Gasteiger partial charge in [0.1, 0.15) is 5.75 Å². The van der Waals surface area contributed by atoms with E-state index in [9.17, 15) is 4.79 Å². The number of carbonyl (C=O) groups excluding carboxylic acids is 1. The van der Waals surface area contributed by atoms with E-state index in [1.807, 2.05) is 38.1 Å². The van der Waals surface area contributed by atoms with Crippen molar-refractivity contribution in [2.45, 2.75) is 38.9 Å². The average Bonchev–Trinajstić information content (AvgIpc) is 2.93. The Kier molecular flexibility index (Phi) is 6.02. The first-order valence-corrected chi connectivity index (χ1v) is 7.52. The van der Waals surface area contributed by atoms with E-state index in [1.54, 1.807) is 0 Å². The van der Waals surface area contributed by atoms with Crippen molar-refractivity contribution in [1.82, 2.24) is 5.32 Å². The number of hydrogen-bond donors (Lipinski definition) is 2. The molecule has 0 radical (unpaired) electrons. The monoisotopic (exact) mass is 292 g/mol. The van der Waals surface area contributed by atoms with E-state index in [0.717, 1.165) is 37.4 Å². The van der Waals surface area contributed by atoms with E-state index in [1.165, 1.54) is 0 Å². The largest absolute Gasteiger partial charge is 0.491 e. The molecule has 0 saturated carbocycles.